The Balaban J connectivity index is 1.59. The third kappa shape index (κ3) is 4.47. The molecule has 3 aromatic rings. The van der Waals surface area contributed by atoms with E-state index in [2.05, 4.69) is 71.4 Å². The quantitative estimate of drug-likeness (QED) is 0.442. The van der Waals surface area contributed by atoms with Crippen molar-refractivity contribution >= 4 is 39.5 Å². The summed E-state index contributed by atoms with van der Waals surface area (Å²) < 4.78 is 5.64. The Morgan fingerprint density at radius 3 is 2.50 bits per heavy atom. The van der Waals surface area contributed by atoms with Gasteiger partial charge in [0.2, 0.25) is 5.13 Å². The molecule has 160 valence electrons. The zero-order valence-electron chi connectivity index (χ0n) is 17.9. The van der Waals surface area contributed by atoms with Crippen molar-refractivity contribution in [2.75, 3.05) is 11.9 Å². The van der Waals surface area contributed by atoms with Crippen molar-refractivity contribution in [2.24, 2.45) is 0 Å². The smallest absolute Gasteiger partial charge is 0.208 e. The van der Waals surface area contributed by atoms with Crippen LogP contribution in [0.25, 0.3) is 21.7 Å². The van der Waals surface area contributed by atoms with Crippen LogP contribution in [0, 0.1) is 0 Å². The molecule has 7 nitrogen and oxygen atoms in total. The van der Waals surface area contributed by atoms with Gasteiger partial charge in [-0.2, -0.15) is 5.10 Å². The van der Waals surface area contributed by atoms with E-state index in [1.54, 1.807) is 17.5 Å². The lowest BCUT2D eigenvalue weighted by Crippen LogP contribution is -2.61. The molecule has 2 N–H and O–H groups in total. The predicted octanol–water partition coefficient (Wildman–Crippen LogP) is 5.07. The van der Waals surface area contributed by atoms with Crippen molar-refractivity contribution in [1.29, 1.82) is 0 Å². The predicted molar refractivity (Wildman–Crippen MR) is 130 cm³/mol. The van der Waals surface area contributed by atoms with Crippen LogP contribution >= 0.6 is 34.3 Å². The topological polar surface area (TPSA) is 79.0 Å². The van der Waals surface area contributed by atoms with E-state index in [1.165, 1.54) is 0 Å². The number of hydrogen-bond acceptors (Lipinski definition) is 7. The van der Waals surface area contributed by atoms with E-state index >= 15 is 0 Å². The summed E-state index contributed by atoms with van der Waals surface area (Å²) in [6.45, 7) is 9.08. The maximum absolute atomic E-state index is 5.64. The number of H-pyrrole nitrogens is 1. The molecular weight excluding hydrogens is 511 g/mol. The first-order valence-corrected chi connectivity index (χ1v) is 11.6. The zero-order chi connectivity index (χ0) is 21.5. The molecule has 0 spiro atoms. The molecule has 0 amide bonds. The molecule has 2 aromatic heterocycles. The van der Waals surface area contributed by atoms with E-state index < -0.39 is 0 Å². The van der Waals surface area contributed by atoms with Crippen LogP contribution in [0.2, 0.25) is 0 Å². The minimum absolute atomic E-state index is 0.0827. The van der Waals surface area contributed by atoms with Gasteiger partial charge in [-0.05, 0) is 58.2 Å². The number of halogens is 1. The van der Waals surface area contributed by atoms with Crippen LogP contribution in [-0.2, 0) is 0 Å². The summed E-state index contributed by atoms with van der Waals surface area (Å²) in [5, 5.41) is 21.4. The van der Waals surface area contributed by atoms with Gasteiger partial charge in [-0.1, -0.05) is 17.4 Å². The summed E-state index contributed by atoms with van der Waals surface area (Å²) >= 11 is 3.52. The van der Waals surface area contributed by atoms with Gasteiger partial charge in [0, 0.05) is 35.9 Å². The maximum atomic E-state index is 5.64. The molecule has 0 bridgehead atoms. The molecule has 1 aromatic carbocycles. The van der Waals surface area contributed by atoms with E-state index in [-0.39, 0.29) is 11.1 Å². The van der Waals surface area contributed by atoms with E-state index in [9.17, 15) is 0 Å². The van der Waals surface area contributed by atoms with Crippen molar-refractivity contribution in [1.82, 2.24) is 25.7 Å². The Kier molecular flexibility index (Phi) is 5.80. The van der Waals surface area contributed by atoms with Crippen LogP contribution in [0.1, 0.15) is 40.5 Å². The fourth-order valence-corrected chi connectivity index (χ4v) is 5.79. The zero-order valence-corrected chi connectivity index (χ0v) is 20.8. The molecule has 3 heterocycles. The van der Waals surface area contributed by atoms with Crippen LogP contribution in [0.4, 0.5) is 5.13 Å². The average Bonchev–Trinajstić information content (AvgIpc) is 3.36. The Labute approximate surface area is 195 Å². The van der Waals surface area contributed by atoms with E-state index in [1.807, 2.05) is 41.3 Å². The van der Waals surface area contributed by atoms with Crippen molar-refractivity contribution in [3.05, 3.63) is 30.6 Å². The first-order chi connectivity index (χ1) is 14.2. The van der Waals surface area contributed by atoms with Crippen LogP contribution in [0.3, 0.4) is 0 Å². The third-order valence-electron chi connectivity index (χ3n) is 5.56. The summed E-state index contributed by atoms with van der Waals surface area (Å²) in [5.74, 6) is 0.767. The highest BCUT2D eigenvalue weighted by Crippen LogP contribution is 2.40. The van der Waals surface area contributed by atoms with Crippen LogP contribution in [0.5, 0.6) is 5.75 Å². The van der Waals surface area contributed by atoms with Crippen LogP contribution in [0.15, 0.2) is 30.6 Å². The Hall–Kier alpha value is -1.72. The highest BCUT2D eigenvalue weighted by molar-refractivity contribution is 14.1. The van der Waals surface area contributed by atoms with Gasteiger partial charge in [-0.25, -0.2) is 0 Å². The standard InChI is InChI=1S/C21H27IN6OS/c1-20(2)9-15(10-21(3,4)27-20)28(5)19-26-25-18(30-19)16-7-6-13(8-17(16)29-22)14-11-23-24-12-14/h6-8,11-12,15,27H,9-10H2,1-5H3,(H,23,24). The van der Waals surface area contributed by atoms with Gasteiger partial charge >= 0.3 is 0 Å². The number of hydrogen-bond donors (Lipinski definition) is 2. The summed E-state index contributed by atoms with van der Waals surface area (Å²) in [4.78, 5) is 2.29. The van der Waals surface area contributed by atoms with Gasteiger partial charge in [0.15, 0.2) is 28.0 Å². The molecule has 0 radical (unpaired) electrons. The van der Waals surface area contributed by atoms with Crippen molar-refractivity contribution in [2.45, 2.75) is 57.7 Å². The number of aromatic nitrogens is 4. The lowest BCUT2D eigenvalue weighted by Gasteiger charge is -2.48. The van der Waals surface area contributed by atoms with Crippen molar-refractivity contribution in [3.8, 4) is 27.4 Å². The molecular formula is C21H27IN6OS. The number of aromatic amines is 1. The molecule has 0 unspecified atom stereocenters. The van der Waals surface area contributed by atoms with E-state index in [0.717, 1.165) is 45.4 Å². The van der Waals surface area contributed by atoms with Gasteiger partial charge < -0.3 is 13.3 Å². The minimum atomic E-state index is 0.0827. The largest absolute Gasteiger partial charge is 0.427 e. The minimum Gasteiger partial charge on any atom is -0.427 e. The van der Waals surface area contributed by atoms with Crippen molar-refractivity contribution < 1.29 is 3.07 Å². The molecule has 1 aliphatic rings. The van der Waals surface area contributed by atoms with Gasteiger partial charge in [-0.3, -0.25) is 5.10 Å². The third-order valence-corrected chi connectivity index (χ3v) is 7.08. The molecule has 1 fully saturated rings. The molecule has 4 rings (SSSR count). The highest BCUT2D eigenvalue weighted by atomic mass is 127. The number of piperidine rings is 1. The summed E-state index contributed by atoms with van der Waals surface area (Å²) in [7, 11) is 2.13. The second-order valence-electron chi connectivity index (χ2n) is 9.23. The van der Waals surface area contributed by atoms with Crippen LogP contribution in [-0.4, -0.2) is 44.6 Å². The molecule has 1 saturated heterocycles. The van der Waals surface area contributed by atoms with Gasteiger partial charge in [0.1, 0.15) is 5.75 Å². The summed E-state index contributed by atoms with van der Waals surface area (Å²) in [6, 6.07) is 6.51. The number of anilines is 1. The molecule has 1 aliphatic heterocycles. The monoisotopic (exact) mass is 538 g/mol. The Bertz CT molecular complexity index is 1000. The Morgan fingerprint density at radius 1 is 1.13 bits per heavy atom. The fraction of sp³-hybridized carbons (Fsp3) is 0.476. The molecule has 30 heavy (non-hydrogen) atoms. The SMILES string of the molecule is CN(c1nnc(-c2ccc(-c3cn[nH]c3)cc2OI)s1)C1CC(C)(C)NC(C)(C)C1. The molecule has 9 heteroatoms. The maximum Gasteiger partial charge on any atom is 0.208 e. The van der Waals surface area contributed by atoms with Crippen molar-refractivity contribution in [3.63, 3.8) is 0 Å². The second kappa shape index (κ2) is 8.08. The second-order valence-corrected chi connectivity index (χ2v) is 10.6. The van der Waals surface area contributed by atoms with Crippen LogP contribution < -0.4 is 13.3 Å². The fourth-order valence-electron chi connectivity index (χ4n) is 4.52. The Morgan fingerprint density at radius 2 is 1.87 bits per heavy atom. The highest BCUT2D eigenvalue weighted by Gasteiger charge is 2.39. The lowest BCUT2D eigenvalue weighted by atomic mass is 9.79. The lowest BCUT2D eigenvalue weighted by molar-refractivity contribution is 0.161. The molecule has 0 aliphatic carbocycles. The van der Waals surface area contributed by atoms with Gasteiger partial charge in [0.25, 0.3) is 0 Å². The average molecular weight is 538 g/mol. The first-order valence-electron chi connectivity index (χ1n) is 9.95. The normalized spacial score (nSPS) is 18.3. The molecule has 0 saturated carbocycles. The summed E-state index contributed by atoms with van der Waals surface area (Å²) in [5.41, 5.74) is 3.17. The van der Waals surface area contributed by atoms with E-state index in [4.69, 9.17) is 3.07 Å². The van der Waals surface area contributed by atoms with Gasteiger partial charge in [-0.15, -0.1) is 10.2 Å². The number of nitrogens with one attached hydrogen (secondary N) is 2. The number of rotatable bonds is 5. The first kappa shape index (κ1) is 21.5. The molecule has 0 atom stereocenters. The van der Waals surface area contributed by atoms with Gasteiger partial charge in [0.05, 0.1) is 11.8 Å². The number of nitrogens with zero attached hydrogens (tertiary/aromatic N) is 4. The number of benzene rings is 1. The summed E-state index contributed by atoms with van der Waals surface area (Å²) in [6.07, 6.45) is 5.78. The van der Waals surface area contributed by atoms with E-state index in [0.29, 0.717) is 6.04 Å².